The van der Waals surface area contributed by atoms with Crippen molar-refractivity contribution < 1.29 is 0 Å². The molecule has 1 aromatic heterocycles. The summed E-state index contributed by atoms with van der Waals surface area (Å²) in [5.41, 5.74) is 4.61. The zero-order valence-electron chi connectivity index (χ0n) is 16.2. The molecule has 0 radical (unpaired) electrons. The van der Waals surface area contributed by atoms with E-state index in [4.69, 9.17) is 0 Å². The quantitative estimate of drug-likeness (QED) is 0.788. The molecule has 0 aromatic carbocycles. The summed E-state index contributed by atoms with van der Waals surface area (Å²) in [7, 11) is 1.69. The van der Waals surface area contributed by atoms with Gasteiger partial charge in [-0.1, -0.05) is 25.0 Å². The van der Waals surface area contributed by atoms with Gasteiger partial charge in [-0.2, -0.15) is 5.10 Å². The Morgan fingerprint density at radius 1 is 1.20 bits per heavy atom. The molecule has 5 heteroatoms. The van der Waals surface area contributed by atoms with E-state index < -0.39 is 0 Å². The fourth-order valence-electron chi connectivity index (χ4n) is 4.36. The van der Waals surface area contributed by atoms with Crippen molar-refractivity contribution in [2.45, 2.75) is 46.5 Å². The van der Waals surface area contributed by atoms with Gasteiger partial charge in [0, 0.05) is 45.8 Å². The summed E-state index contributed by atoms with van der Waals surface area (Å²) in [5, 5.41) is 4.14. The van der Waals surface area contributed by atoms with Crippen molar-refractivity contribution >= 4 is 5.69 Å². The lowest BCUT2D eigenvalue weighted by atomic mass is 9.71. The monoisotopic (exact) mass is 344 g/mol. The fourth-order valence-corrected chi connectivity index (χ4v) is 4.36. The average Bonchev–Trinajstić information content (AvgIpc) is 2.57. The highest BCUT2D eigenvalue weighted by Crippen LogP contribution is 2.41. The third-order valence-corrected chi connectivity index (χ3v) is 6.05. The molecule has 0 bridgehead atoms. The Morgan fingerprint density at radius 3 is 2.56 bits per heavy atom. The van der Waals surface area contributed by atoms with Crippen LogP contribution in [0.5, 0.6) is 0 Å². The zero-order valence-corrected chi connectivity index (χ0v) is 16.2. The molecule has 2 heterocycles. The van der Waals surface area contributed by atoms with E-state index in [9.17, 15) is 4.79 Å². The molecule has 1 fully saturated rings. The van der Waals surface area contributed by atoms with Crippen molar-refractivity contribution in [2.24, 2.45) is 12.5 Å². The normalized spacial score (nSPS) is 21.7. The second-order valence-corrected chi connectivity index (χ2v) is 8.25. The summed E-state index contributed by atoms with van der Waals surface area (Å²) >= 11 is 0. The van der Waals surface area contributed by atoms with Crippen LogP contribution in [0.15, 0.2) is 28.2 Å². The van der Waals surface area contributed by atoms with Crippen molar-refractivity contribution in [3.63, 3.8) is 0 Å². The highest BCUT2D eigenvalue weighted by atomic mass is 16.1. The van der Waals surface area contributed by atoms with E-state index in [0.717, 1.165) is 38.4 Å². The van der Waals surface area contributed by atoms with Crippen molar-refractivity contribution in [1.29, 1.82) is 0 Å². The minimum Gasteiger partial charge on any atom is -0.368 e. The maximum atomic E-state index is 11.8. The number of anilines is 1. The summed E-state index contributed by atoms with van der Waals surface area (Å²) in [6, 6.07) is 1.70. The molecule has 1 aliphatic carbocycles. The number of nitrogens with zero attached hydrogens (tertiary/aromatic N) is 4. The molecule has 3 rings (SSSR count). The number of aromatic nitrogens is 2. The fraction of sp³-hybridized carbons (Fsp3) is 0.700. The van der Waals surface area contributed by atoms with E-state index in [1.165, 1.54) is 30.4 Å². The van der Waals surface area contributed by atoms with Crippen LogP contribution in [0.1, 0.15) is 46.5 Å². The van der Waals surface area contributed by atoms with E-state index >= 15 is 0 Å². The summed E-state index contributed by atoms with van der Waals surface area (Å²) in [4.78, 5) is 16.6. The molecule has 138 valence electrons. The minimum atomic E-state index is -0.0399. The Balaban J connectivity index is 1.54. The second-order valence-electron chi connectivity index (χ2n) is 8.25. The SMILES string of the molecule is CC1=C(CCN2CCN(c3cnn(C)c(=O)c3)CC2)C(C)(C)CCC1. The van der Waals surface area contributed by atoms with E-state index in [1.54, 1.807) is 30.5 Å². The second kappa shape index (κ2) is 7.32. The number of hydrogen-bond donors (Lipinski definition) is 0. The molecule has 0 unspecified atom stereocenters. The molecule has 1 aromatic rings. The van der Waals surface area contributed by atoms with Gasteiger partial charge in [0.1, 0.15) is 0 Å². The van der Waals surface area contributed by atoms with Crippen LogP contribution in [0.25, 0.3) is 0 Å². The van der Waals surface area contributed by atoms with Gasteiger partial charge in [-0.25, -0.2) is 4.68 Å². The molecule has 2 aliphatic rings. The predicted octanol–water partition coefficient (Wildman–Crippen LogP) is 2.82. The van der Waals surface area contributed by atoms with Crippen LogP contribution in [0, 0.1) is 5.41 Å². The average molecular weight is 345 g/mol. The first-order valence-electron chi connectivity index (χ1n) is 9.56. The highest BCUT2D eigenvalue weighted by molar-refractivity contribution is 5.43. The van der Waals surface area contributed by atoms with Crippen LogP contribution in [-0.4, -0.2) is 47.4 Å². The summed E-state index contributed by atoms with van der Waals surface area (Å²) in [5.74, 6) is 0. The van der Waals surface area contributed by atoms with Gasteiger partial charge >= 0.3 is 0 Å². The Bertz CT molecular complexity index is 696. The lowest BCUT2D eigenvalue weighted by Crippen LogP contribution is -2.47. The number of hydrogen-bond acceptors (Lipinski definition) is 4. The third-order valence-electron chi connectivity index (χ3n) is 6.05. The van der Waals surface area contributed by atoms with Crippen LogP contribution in [0.2, 0.25) is 0 Å². The zero-order chi connectivity index (χ0) is 18.0. The predicted molar refractivity (Wildman–Crippen MR) is 103 cm³/mol. The topological polar surface area (TPSA) is 41.4 Å². The van der Waals surface area contributed by atoms with Crippen LogP contribution in [0.4, 0.5) is 5.69 Å². The molecule has 5 nitrogen and oxygen atoms in total. The van der Waals surface area contributed by atoms with Gasteiger partial charge in [-0.3, -0.25) is 9.69 Å². The number of piperazine rings is 1. The third kappa shape index (κ3) is 4.14. The van der Waals surface area contributed by atoms with E-state index in [-0.39, 0.29) is 5.56 Å². The highest BCUT2D eigenvalue weighted by Gasteiger charge is 2.28. The van der Waals surface area contributed by atoms with Gasteiger partial charge in [-0.05, 0) is 38.0 Å². The molecule has 1 aliphatic heterocycles. The van der Waals surface area contributed by atoms with E-state index in [2.05, 4.69) is 35.7 Å². The van der Waals surface area contributed by atoms with Crippen LogP contribution >= 0.6 is 0 Å². The lowest BCUT2D eigenvalue weighted by molar-refractivity contribution is 0.248. The molecule has 0 N–H and O–H groups in total. The van der Waals surface area contributed by atoms with Crippen molar-refractivity contribution in [3.8, 4) is 0 Å². The Labute approximate surface area is 151 Å². The minimum absolute atomic E-state index is 0.0399. The Kier molecular flexibility index (Phi) is 5.32. The van der Waals surface area contributed by atoms with E-state index in [1.807, 2.05) is 0 Å². The Hall–Kier alpha value is -1.62. The molecular weight excluding hydrogens is 312 g/mol. The van der Waals surface area contributed by atoms with Crippen LogP contribution in [0.3, 0.4) is 0 Å². The number of allylic oxidation sites excluding steroid dienone is 1. The van der Waals surface area contributed by atoms with Gasteiger partial charge in [-0.15, -0.1) is 0 Å². The van der Waals surface area contributed by atoms with Gasteiger partial charge in [0.15, 0.2) is 0 Å². The molecule has 0 saturated carbocycles. The number of rotatable bonds is 4. The van der Waals surface area contributed by atoms with Gasteiger partial charge in [0.05, 0.1) is 11.9 Å². The molecule has 0 atom stereocenters. The first kappa shape index (κ1) is 18.2. The molecule has 0 spiro atoms. The van der Waals surface area contributed by atoms with Crippen molar-refractivity contribution in [2.75, 3.05) is 37.6 Å². The molecule has 25 heavy (non-hydrogen) atoms. The summed E-state index contributed by atoms with van der Waals surface area (Å²) in [6.07, 6.45) is 6.94. The molecular formula is C20H32N4O. The first-order valence-corrected chi connectivity index (χ1v) is 9.56. The first-order chi connectivity index (χ1) is 11.9. The van der Waals surface area contributed by atoms with Crippen LogP contribution in [-0.2, 0) is 7.05 Å². The maximum Gasteiger partial charge on any atom is 0.268 e. The standard InChI is InChI=1S/C20H32N4O/c1-16-6-5-8-20(2,3)18(16)7-9-23-10-12-24(13-11-23)17-14-19(25)22(4)21-15-17/h14-15H,5-13H2,1-4H3. The summed E-state index contributed by atoms with van der Waals surface area (Å²) in [6.45, 7) is 12.4. The molecule has 1 saturated heterocycles. The number of aryl methyl sites for hydroxylation is 1. The van der Waals surface area contributed by atoms with Gasteiger partial charge in [0.25, 0.3) is 5.56 Å². The largest absolute Gasteiger partial charge is 0.368 e. The lowest BCUT2D eigenvalue weighted by Gasteiger charge is -2.38. The van der Waals surface area contributed by atoms with Crippen molar-refractivity contribution in [3.05, 3.63) is 33.8 Å². The van der Waals surface area contributed by atoms with Crippen LogP contribution < -0.4 is 10.5 Å². The van der Waals surface area contributed by atoms with E-state index in [0.29, 0.717) is 5.41 Å². The van der Waals surface area contributed by atoms with Gasteiger partial charge in [0.2, 0.25) is 0 Å². The van der Waals surface area contributed by atoms with Gasteiger partial charge < -0.3 is 4.90 Å². The maximum absolute atomic E-state index is 11.8. The smallest absolute Gasteiger partial charge is 0.268 e. The Morgan fingerprint density at radius 2 is 1.92 bits per heavy atom. The van der Waals surface area contributed by atoms with Crippen molar-refractivity contribution in [1.82, 2.24) is 14.7 Å². The summed E-state index contributed by atoms with van der Waals surface area (Å²) < 4.78 is 1.38. The molecule has 0 amide bonds.